The van der Waals surface area contributed by atoms with Gasteiger partial charge in [0.15, 0.2) is 5.82 Å². The van der Waals surface area contributed by atoms with Crippen LogP contribution in [-0.2, 0) is 4.79 Å². The number of carbonyl (C=O) groups is 1. The SMILES string of the molecule is CN1CC[C@@](O)(C#Cc2cccc(-c3ccc4ncnc(N5CC(O)C5)c4n3)c2)C1=O. The van der Waals surface area contributed by atoms with Gasteiger partial charge in [-0.05, 0) is 24.3 Å². The standard InChI is InChI=1S/C23H21N5O3/c1-27-10-9-23(31,22(27)30)8-7-15-3-2-4-16(11-15)18-5-6-19-20(26-18)21(25-14-24-19)28-12-17(29)13-28/h2-6,11,14,17,29,31H,9-10,12-13H2,1H3/t23-/m0/s1. The van der Waals surface area contributed by atoms with Crippen molar-refractivity contribution in [3.63, 3.8) is 0 Å². The summed E-state index contributed by atoms with van der Waals surface area (Å²) in [4.78, 5) is 29.0. The van der Waals surface area contributed by atoms with Gasteiger partial charge in [0.05, 0.1) is 17.3 Å². The van der Waals surface area contributed by atoms with Crippen molar-refractivity contribution in [3.05, 3.63) is 48.3 Å². The third kappa shape index (κ3) is 3.48. The van der Waals surface area contributed by atoms with E-state index in [0.717, 1.165) is 16.8 Å². The second-order valence-electron chi connectivity index (χ2n) is 7.99. The lowest BCUT2D eigenvalue weighted by Crippen LogP contribution is -2.51. The second-order valence-corrected chi connectivity index (χ2v) is 7.99. The highest BCUT2D eigenvalue weighted by atomic mass is 16.3. The fourth-order valence-corrected chi connectivity index (χ4v) is 3.85. The number of rotatable bonds is 2. The van der Waals surface area contributed by atoms with Crippen LogP contribution in [0.2, 0.25) is 0 Å². The van der Waals surface area contributed by atoms with Crippen LogP contribution in [0.3, 0.4) is 0 Å². The van der Waals surface area contributed by atoms with E-state index in [1.807, 2.05) is 41.3 Å². The maximum atomic E-state index is 12.1. The Labute approximate surface area is 179 Å². The van der Waals surface area contributed by atoms with Gasteiger partial charge in [0.2, 0.25) is 5.60 Å². The summed E-state index contributed by atoms with van der Waals surface area (Å²) in [6.45, 7) is 1.54. The highest BCUT2D eigenvalue weighted by Crippen LogP contribution is 2.28. The smallest absolute Gasteiger partial charge is 0.267 e. The number of fused-ring (bicyclic) bond motifs is 1. The van der Waals surface area contributed by atoms with Crippen LogP contribution in [0.15, 0.2) is 42.7 Å². The van der Waals surface area contributed by atoms with Gasteiger partial charge in [0.25, 0.3) is 5.91 Å². The van der Waals surface area contributed by atoms with Crippen molar-refractivity contribution in [2.24, 2.45) is 0 Å². The van der Waals surface area contributed by atoms with E-state index in [0.29, 0.717) is 43.0 Å². The highest BCUT2D eigenvalue weighted by Gasteiger charge is 2.42. The molecule has 0 aliphatic carbocycles. The first-order valence-corrected chi connectivity index (χ1v) is 10.1. The number of pyridine rings is 1. The Bertz CT molecular complexity index is 1240. The summed E-state index contributed by atoms with van der Waals surface area (Å²) in [5, 5.41) is 20.1. The first kappa shape index (κ1) is 19.4. The number of amides is 1. The third-order valence-corrected chi connectivity index (χ3v) is 5.71. The monoisotopic (exact) mass is 415 g/mol. The molecule has 0 unspecified atom stereocenters. The van der Waals surface area contributed by atoms with Crippen molar-refractivity contribution in [1.29, 1.82) is 0 Å². The van der Waals surface area contributed by atoms with Gasteiger partial charge in [-0.2, -0.15) is 0 Å². The Kier molecular flexibility index (Phi) is 4.58. The fraction of sp³-hybridized carbons (Fsp3) is 0.304. The molecule has 2 aromatic heterocycles. The molecule has 1 amide bonds. The number of anilines is 1. The van der Waals surface area contributed by atoms with Crippen molar-refractivity contribution in [1.82, 2.24) is 19.9 Å². The summed E-state index contributed by atoms with van der Waals surface area (Å²) in [6, 6.07) is 11.3. The number of aromatic nitrogens is 3. The average Bonchev–Trinajstić information content (AvgIpc) is 3.03. The van der Waals surface area contributed by atoms with Gasteiger partial charge in [-0.25, -0.2) is 15.0 Å². The molecule has 2 fully saturated rings. The van der Waals surface area contributed by atoms with Crippen molar-refractivity contribution in [2.75, 3.05) is 31.6 Å². The number of β-amino-alcohol motifs (C(OH)–C–C–N with tert-alkyl or cyclic N) is 1. The molecule has 8 nitrogen and oxygen atoms in total. The summed E-state index contributed by atoms with van der Waals surface area (Å²) < 4.78 is 0. The molecular formula is C23H21N5O3. The van der Waals surface area contributed by atoms with E-state index < -0.39 is 5.60 Å². The van der Waals surface area contributed by atoms with E-state index in [4.69, 9.17) is 4.98 Å². The van der Waals surface area contributed by atoms with Crippen LogP contribution >= 0.6 is 0 Å². The molecule has 0 saturated carbocycles. The molecule has 156 valence electrons. The van der Waals surface area contributed by atoms with Gasteiger partial charge in [-0.1, -0.05) is 24.0 Å². The Balaban J connectivity index is 1.48. The summed E-state index contributed by atoms with van der Waals surface area (Å²) >= 11 is 0. The zero-order chi connectivity index (χ0) is 21.6. The number of aliphatic hydroxyl groups excluding tert-OH is 1. The Morgan fingerprint density at radius 2 is 2.03 bits per heavy atom. The molecule has 0 bridgehead atoms. The minimum Gasteiger partial charge on any atom is -0.389 e. The number of nitrogens with zero attached hydrogens (tertiary/aromatic N) is 5. The molecule has 0 radical (unpaired) electrons. The maximum absolute atomic E-state index is 12.1. The summed E-state index contributed by atoms with van der Waals surface area (Å²) in [5.74, 6) is 6.03. The molecule has 2 N–H and O–H groups in total. The van der Waals surface area contributed by atoms with Crippen molar-refractivity contribution in [3.8, 4) is 23.1 Å². The number of aliphatic hydroxyl groups is 2. The van der Waals surface area contributed by atoms with Crippen molar-refractivity contribution in [2.45, 2.75) is 18.1 Å². The molecule has 1 atom stereocenters. The average molecular weight is 415 g/mol. The zero-order valence-electron chi connectivity index (χ0n) is 17.0. The predicted molar refractivity (Wildman–Crippen MR) is 115 cm³/mol. The minimum absolute atomic E-state index is 0.301. The van der Waals surface area contributed by atoms with Gasteiger partial charge in [-0.15, -0.1) is 0 Å². The lowest BCUT2D eigenvalue weighted by atomic mass is 10.0. The molecule has 3 aromatic rings. The Morgan fingerprint density at radius 1 is 1.19 bits per heavy atom. The van der Waals surface area contributed by atoms with Crippen molar-refractivity contribution >= 4 is 22.8 Å². The van der Waals surface area contributed by atoms with E-state index >= 15 is 0 Å². The van der Waals surface area contributed by atoms with Crippen molar-refractivity contribution < 1.29 is 15.0 Å². The van der Waals surface area contributed by atoms with Crippen LogP contribution in [0.4, 0.5) is 5.82 Å². The molecule has 0 spiro atoms. The maximum Gasteiger partial charge on any atom is 0.267 e. The van der Waals surface area contributed by atoms with Crippen LogP contribution in [-0.4, -0.2) is 74.4 Å². The number of hydrogen-bond donors (Lipinski definition) is 2. The third-order valence-electron chi connectivity index (χ3n) is 5.71. The summed E-state index contributed by atoms with van der Waals surface area (Å²) in [7, 11) is 1.66. The van der Waals surface area contributed by atoms with E-state index in [1.165, 1.54) is 11.2 Å². The molecule has 2 saturated heterocycles. The molecule has 31 heavy (non-hydrogen) atoms. The number of likely N-dealkylation sites (tertiary alicyclic amines) is 1. The molecule has 1 aromatic carbocycles. The first-order valence-electron chi connectivity index (χ1n) is 10.1. The van der Waals surface area contributed by atoms with E-state index in [9.17, 15) is 15.0 Å². The van der Waals surface area contributed by atoms with E-state index in [2.05, 4.69) is 21.8 Å². The van der Waals surface area contributed by atoms with Gasteiger partial charge >= 0.3 is 0 Å². The number of carbonyl (C=O) groups excluding carboxylic acids is 1. The number of likely N-dealkylation sites (N-methyl/N-ethyl adjacent to an activating group) is 1. The van der Waals surface area contributed by atoms with E-state index in [-0.39, 0.29) is 12.0 Å². The molecule has 2 aliphatic heterocycles. The Morgan fingerprint density at radius 3 is 2.77 bits per heavy atom. The predicted octanol–water partition coefficient (Wildman–Crippen LogP) is 0.817. The molecule has 4 heterocycles. The quantitative estimate of drug-likeness (QED) is 0.598. The van der Waals surface area contributed by atoms with Crippen LogP contribution in [0, 0.1) is 11.8 Å². The zero-order valence-corrected chi connectivity index (χ0v) is 17.0. The molecule has 5 rings (SSSR count). The highest BCUT2D eigenvalue weighted by molar-refractivity contribution is 5.90. The lowest BCUT2D eigenvalue weighted by molar-refractivity contribution is -0.137. The van der Waals surface area contributed by atoms with E-state index in [1.54, 1.807) is 7.05 Å². The minimum atomic E-state index is -1.63. The number of benzene rings is 1. The first-order chi connectivity index (χ1) is 14.9. The summed E-state index contributed by atoms with van der Waals surface area (Å²) in [6.07, 6.45) is 1.46. The van der Waals surface area contributed by atoms with Gasteiger partial charge in [0.1, 0.15) is 11.8 Å². The van der Waals surface area contributed by atoms with Crippen LogP contribution in [0.25, 0.3) is 22.3 Å². The van der Waals surface area contributed by atoms with Crippen LogP contribution in [0.1, 0.15) is 12.0 Å². The molecule has 8 heteroatoms. The normalized spacial score (nSPS) is 21.2. The van der Waals surface area contributed by atoms with Gasteiger partial charge in [-0.3, -0.25) is 4.79 Å². The second kappa shape index (κ2) is 7.30. The largest absolute Gasteiger partial charge is 0.389 e. The van der Waals surface area contributed by atoms with Crippen LogP contribution < -0.4 is 4.90 Å². The molecular weight excluding hydrogens is 394 g/mol. The Hall–Kier alpha value is -3.54. The topological polar surface area (TPSA) is 103 Å². The van der Waals surface area contributed by atoms with Gasteiger partial charge in [0, 0.05) is 44.2 Å². The fourth-order valence-electron chi connectivity index (χ4n) is 3.85. The van der Waals surface area contributed by atoms with Gasteiger partial charge < -0.3 is 20.0 Å². The summed E-state index contributed by atoms with van der Waals surface area (Å²) in [5.41, 5.74) is 2.07. The van der Waals surface area contributed by atoms with Crippen LogP contribution in [0.5, 0.6) is 0 Å². The lowest BCUT2D eigenvalue weighted by Gasteiger charge is -2.36. The number of hydrogen-bond acceptors (Lipinski definition) is 7. The molecule has 2 aliphatic rings.